The van der Waals surface area contributed by atoms with Crippen molar-refractivity contribution in [1.29, 1.82) is 0 Å². The largest absolute Gasteiger partial charge is 0.272 e. The van der Waals surface area contributed by atoms with Gasteiger partial charge in [-0.2, -0.15) is 0 Å². The molecule has 0 spiro atoms. The Bertz CT molecular complexity index is 279. The summed E-state index contributed by atoms with van der Waals surface area (Å²) in [5.74, 6) is 0.0568. The lowest BCUT2D eigenvalue weighted by molar-refractivity contribution is -0.152. The van der Waals surface area contributed by atoms with E-state index in [9.17, 15) is 0 Å². The molecule has 21 heavy (non-hydrogen) atoms. The summed E-state index contributed by atoms with van der Waals surface area (Å²) in [5.41, 5.74) is 0. The highest BCUT2D eigenvalue weighted by atomic mass is 35.5. The van der Waals surface area contributed by atoms with Gasteiger partial charge in [-0.05, 0) is 50.3 Å². The minimum atomic E-state index is 0.0568. The molecule has 0 aliphatic carbocycles. The molecule has 0 aromatic rings. The standard InChI is InChI=1S/C16H31ClN4/c1-2-21(17)15-16(18-9-3-4-10-18,19-11-5-6-12-19)20-13-7-8-14-20/h2-15H2,1H3. The van der Waals surface area contributed by atoms with E-state index in [1.54, 1.807) is 0 Å². The number of hydrogen-bond donors (Lipinski definition) is 0. The zero-order valence-electron chi connectivity index (χ0n) is 13.6. The molecule has 3 heterocycles. The van der Waals surface area contributed by atoms with Crippen LogP contribution < -0.4 is 0 Å². The van der Waals surface area contributed by atoms with Crippen molar-refractivity contribution in [3.05, 3.63) is 0 Å². The first-order valence-electron chi connectivity index (χ1n) is 8.93. The second kappa shape index (κ2) is 7.14. The van der Waals surface area contributed by atoms with E-state index in [0.717, 1.165) is 13.1 Å². The number of likely N-dealkylation sites (tertiary alicyclic amines) is 3. The fourth-order valence-electron chi connectivity index (χ4n) is 4.47. The van der Waals surface area contributed by atoms with Crippen molar-refractivity contribution < 1.29 is 0 Å². The van der Waals surface area contributed by atoms with Crippen molar-refractivity contribution in [2.45, 2.75) is 51.2 Å². The molecular weight excluding hydrogens is 284 g/mol. The molecule has 0 aromatic carbocycles. The van der Waals surface area contributed by atoms with Gasteiger partial charge >= 0.3 is 0 Å². The van der Waals surface area contributed by atoms with Crippen molar-refractivity contribution in [1.82, 2.24) is 19.1 Å². The monoisotopic (exact) mass is 314 g/mol. The lowest BCUT2D eigenvalue weighted by Gasteiger charge is -2.54. The number of nitrogens with zero attached hydrogens (tertiary/aromatic N) is 4. The van der Waals surface area contributed by atoms with Crippen LogP contribution in [0.2, 0.25) is 0 Å². The molecule has 0 amide bonds. The maximum absolute atomic E-state index is 6.54. The second-order valence-electron chi connectivity index (χ2n) is 6.79. The zero-order chi connectivity index (χ0) is 14.7. The van der Waals surface area contributed by atoms with Crippen LogP contribution in [-0.2, 0) is 0 Å². The Morgan fingerprint density at radius 1 is 0.762 bits per heavy atom. The van der Waals surface area contributed by atoms with E-state index in [4.69, 9.17) is 11.8 Å². The molecule has 0 radical (unpaired) electrons. The highest BCUT2D eigenvalue weighted by Crippen LogP contribution is 2.35. The molecule has 0 atom stereocenters. The van der Waals surface area contributed by atoms with Crippen molar-refractivity contribution in [2.75, 3.05) is 52.4 Å². The Morgan fingerprint density at radius 3 is 1.38 bits per heavy atom. The minimum Gasteiger partial charge on any atom is -0.272 e. The first kappa shape index (κ1) is 16.0. The van der Waals surface area contributed by atoms with Gasteiger partial charge in [0.25, 0.3) is 0 Å². The van der Waals surface area contributed by atoms with Gasteiger partial charge in [-0.15, -0.1) is 0 Å². The van der Waals surface area contributed by atoms with Crippen LogP contribution >= 0.6 is 11.8 Å². The fourth-order valence-corrected chi connectivity index (χ4v) is 4.63. The highest BCUT2D eigenvalue weighted by Gasteiger charge is 2.50. The van der Waals surface area contributed by atoms with Crippen molar-refractivity contribution in [2.24, 2.45) is 0 Å². The first-order valence-corrected chi connectivity index (χ1v) is 9.27. The third-order valence-corrected chi connectivity index (χ3v) is 5.92. The normalized spacial score (nSPS) is 26.4. The van der Waals surface area contributed by atoms with E-state index < -0.39 is 0 Å². The molecule has 122 valence electrons. The van der Waals surface area contributed by atoms with Crippen LogP contribution in [-0.4, -0.2) is 77.3 Å². The molecule has 0 saturated carbocycles. The van der Waals surface area contributed by atoms with E-state index in [1.165, 1.54) is 77.8 Å². The molecule has 0 unspecified atom stereocenters. The summed E-state index contributed by atoms with van der Waals surface area (Å²) in [5, 5.41) is 0. The van der Waals surface area contributed by atoms with E-state index in [0.29, 0.717) is 0 Å². The van der Waals surface area contributed by atoms with Gasteiger partial charge < -0.3 is 0 Å². The molecule has 3 saturated heterocycles. The van der Waals surface area contributed by atoms with Gasteiger partial charge in [0, 0.05) is 45.8 Å². The highest BCUT2D eigenvalue weighted by molar-refractivity contribution is 6.13. The van der Waals surface area contributed by atoms with E-state index in [1.807, 2.05) is 4.42 Å². The van der Waals surface area contributed by atoms with Crippen LogP contribution in [0.15, 0.2) is 0 Å². The molecule has 0 N–H and O–H groups in total. The molecule has 0 aromatic heterocycles. The molecule has 3 rings (SSSR count). The van der Waals surface area contributed by atoms with Crippen LogP contribution in [0.1, 0.15) is 45.4 Å². The van der Waals surface area contributed by atoms with Gasteiger partial charge in [0.05, 0.1) is 6.54 Å². The van der Waals surface area contributed by atoms with Crippen LogP contribution in [0.5, 0.6) is 0 Å². The Hall–Kier alpha value is 0.130. The molecule has 3 aliphatic rings. The lowest BCUT2D eigenvalue weighted by atomic mass is 10.2. The van der Waals surface area contributed by atoms with Crippen molar-refractivity contribution >= 4 is 11.8 Å². The zero-order valence-corrected chi connectivity index (χ0v) is 14.3. The minimum absolute atomic E-state index is 0.0568. The quantitative estimate of drug-likeness (QED) is 0.698. The Labute approximate surface area is 135 Å². The van der Waals surface area contributed by atoms with Gasteiger partial charge in [-0.25, -0.2) is 4.42 Å². The summed E-state index contributed by atoms with van der Waals surface area (Å²) in [6.45, 7) is 11.5. The maximum atomic E-state index is 6.54. The first-order chi connectivity index (χ1) is 10.3. The van der Waals surface area contributed by atoms with Gasteiger partial charge in [0.15, 0.2) is 0 Å². The third-order valence-electron chi connectivity index (χ3n) is 5.56. The number of hydrogen-bond acceptors (Lipinski definition) is 4. The van der Waals surface area contributed by atoms with E-state index in [-0.39, 0.29) is 5.79 Å². The molecule has 0 bridgehead atoms. The summed E-state index contributed by atoms with van der Waals surface area (Å²) >= 11 is 6.54. The van der Waals surface area contributed by atoms with Crippen LogP contribution in [0.25, 0.3) is 0 Å². The molecule has 5 heteroatoms. The van der Waals surface area contributed by atoms with Crippen LogP contribution in [0, 0.1) is 0 Å². The third kappa shape index (κ3) is 3.11. The molecule has 3 aliphatic heterocycles. The van der Waals surface area contributed by atoms with Crippen LogP contribution in [0.3, 0.4) is 0 Å². The van der Waals surface area contributed by atoms with Crippen molar-refractivity contribution in [3.63, 3.8) is 0 Å². The van der Waals surface area contributed by atoms with Gasteiger partial charge in [0.1, 0.15) is 5.79 Å². The molecule has 4 nitrogen and oxygen atoms in total. The Morgan fingerprint density at radius 2 is 1.10 bits per heavy atom. The predicted molar refractivity (Wildman–Crippen MR) is 88.3 cm³/mol. The van der Waals surface area contributed by atoms with Gasteiger partial charge in [-0.1, -0.05) is 6.92 Å². The molecular formula is C16H31ClN4. The van der Waals surface area contributed by atoms with E-state index in [2.05, 4.69) is 21.6 Å². The van der Waals surface area contributed by atoms with E-state index >= 15 is 0 Å². The number of likely N-dealkylation sites (N-methyl/N-ethyl adjacent to an activating group) is 1. The summed E-state index contributed by atoms with van der Waals surface area (Å²) in [6, 6.07) is 0. The SMILES string of the molecule is CCN(Cl)CC(N1CCCC1)(N1CCCC1)N1CCCC1. The predicted octanol–water partition coefficient (Wildman–Crippen LogP) is 2.40. The summed E-state index contributed by atoms with van der Waals surface area (Å²) in [6.07, 6.45) is 8.07. The summed E-state index contributed by atoms with van der Waals surface area (Å²) in [4.78, 5) is 8.23. The number of rotatable bonds is 6. The average Bonchev–Trinajstić information content (AvgIpc) is 3.28. The average molecular weight is 315 g/mol. The second-order valence-corrected chi connectivity index (χ2v) is 7.27. The fraction of sp³-hybridized carbons (Fsp3) is 1.00. The van der Waals surface area contributed by atoms with Gasteiger partial charge in [-0.3, -0.25) is 14.7 Å². The maximum Gasteiger partial charge on any atom is 0.145 e. The Balaban J connectivity index is 1.90. The number of halogens is 1. The van der Waals surface area contributed by atoms with Gasteiger partial charge in [0.2, 0.25) is 0 Å². The van der Waals surface area contributed by atoms with Crippen LogP contribution in [0.4, 0.5) is 0 Å². The summed E-state index contributed by atoms with van der Waals surface area (Å²) < 4.78 is 2.01. The lowest BCUT2D eigenvalue weighted by Crippen LogP contribution is -2.72. The smallest absolute Gasteiger partial charge is 0.145 e. The molecule has 3 fully saturated rings. The summed E-state index contributed by atoms with van der Waals surface area (Å²) in [7, 11) is 0. The topological polar surface area (TPSA) is 13.0 Å². The van der Waals surface area contributed by atoms with Crippen molar-refractivity contribution in [3.8, 4) is 0 Å². The Kier molecular flexibility index (Phi) is 5.44.